The fourth-order valence-corrected chi connectivity index (χ4v) is 1.07. The number of hydrogen-bond donors (Lipinski definition) is 2. The molecule has 1 aromatic heterocycles. The first kappa shape index (κ1) is 9.25. The molecule has 0 amide bonds. The van der Waals surface area contributed by atoms with Crippen LogP contribution in [0.3, 0.4) is 0 Å². The van der Waals surface area contributed by atoms with E-state index in [1.165, 1.54) is 19.2 Å². The Bertz CT molecular complexity index is 345. The van der Waals surface area contributed by atoms with E-state index in [0.29, 0.717) is 0 Å². The topological polar surface area (TPSA) is 62.5 Å². The Morgan fingerprint density at radius 2 is 2.08 bits per heavy atom. The Morgan fingerprint density at radius 1 is 1.50 bits per heavy atom. The lowest BCUT2D eigenvalue weighted by Gasteiger charge is -2.08. The molecule has 5 heteroatoms. The molecule has 0 aliphatic rings. The van der Waals surface area contributed by atoms with Crippen molar-refractivity contribution in [2.75, 3.05) is 0 Å². The quantitative estimate of drug-likeness (QED) is 0.484. The fraction of sp³-hybridized carbons (Fsp3) is 0.286. The normalized spacial score (nSPS) is 10.8. The largest absolute Gasteiger partial charge is 0.364 e. The zero-order valence-electron chi connectivity index (χ0n) is 6.36. The van der Waals surface area contributed by atoms with Crippen molar-refractivity contribution in [3.05, 3.63) is 33.2 Å². The number of hydrogen-bond acceptors (Lipinski definition) is 3. The number of aliphatic hydroxyl groups excluding tert-OH is 1. The maximum atomic E-state index is 10.9. The third-order valence-electron chi connectivity index (χ3n) is 1.55. The van der Waals surface area contributed by atoms with Crippen LogP contribution < -0.4 is 5.56 Å². The molecular weight excluding hydrogens is 182 g/mol. The first-order chi connectivity index (χ1) is 5.54. The molecule has 0 saturated carbocycles. The highest BCUT2D eigenvalue weighted by molar-refractivity contribution is 6.30. The maximum Gasteiger partial charge on any atom is 0.251 e. The van der Waals surface area contributed by atoms with Crippen molar-refractivity contribution in [2.24, 2.45) is 7.05 Å². The van der Waals surface area contributed by atoms with Crippen molar-refractivity contribution in [1.29, 1.82) is 0 Å². The van der Waals surface area contributed by atoms with Crippen molar-refractivity contribution in [3.8, 4) is 0 Å². The zero-order chi connectivity index (χ0) is 9.30. The Labute approximate surface area is 73.6 Å². The Kier molecular flexibility index (Phi) is 2.52. The van der Waals surface area contributed by atoms with E-state index in [1.54, 1.807) is 0 Å². The molecule has 0 fully saturated rings. The van der Waals surface area contributed by atoms with Crippen LogP contribution in [-0.2, 0) is 7.05 Å². The summed E-state index contributed by atoms with van der Waals surface area (Å²) in [6, 6.07) is 2.51. The molecule has 0 aliphatic carbocycles. The summed E-state index contributed by atoms with van der Waals surface area (Å²) in [5, 5.41) is 17.6. The predicted octanol–water partition coefficient (Wildman–Crippen LogP) is 0.0219. The molecule has 12 heavy (non-hydrogen) atoms. The second kappa shape index (κ2) is 3.26. The number of pyridine rings is 1. The van der Waals surface area contributed by atoms with E-state index in [0.717, 1.165) is 4.57 Å². The van der Waals surface area contributed by atoms with Crippen LogP contribution in [0.2, 0.25) is 5.15 Å². The van der Waals surface area contributed by atoms with Gasteiger partial charge in [0, 0.05) is 18.7 Å². The highest BCUT2D eigenvalue weighted by Crippen LogP contribution is 2.17. The summed E-state index contributed by atoms with van der Waals surface area (Å²) < 4.78 is 1.14. The van der Waals surface area contributed by atoms with Gasteiger partial charge in [-0.3, -0.25) is 4.79 Å². The van der Waals surface area contributed by atoms with E-state index in [-0.39, 0.29) is 16.3 Å². The highest BCUT2D eigenvalue weighted by atomic mass is 35.5. The minimum absolute atomic E-state index is 0.0394. The summed E-state index contributed by atoms with van der Waals surface area (Å²) in [4.78, 5) is 10.9. The third-order valence-corrected chi connectivity index (χ3v) is 2.02. The van der Waals surface area contributed by atoms with E-state index < -0.39 is 6.29 Å². The summed E-state index contributed by atoms with van der Waals surface area (Å²) >= 11 is 5.64. The molecule has 2 N–H and O–H groups in total. The van der Waals surface area contributed by atoms with Gasteiger partial charge in [0.1, 0.15) is 5.15 Å². The van der Waals surface area contributed by atoms with E-state index in [1.807, 2.05) is 0 Å². The monoisotopic (exact) mass is 189 g/mol. The molecular formula is C7H8ClNO3. The van der Waals surface area contributed by atoms with Gasteiger partial charge in [0.15, 0.2) is 6.29 Å². The Morgan fingerprint density at radius 3 is 2.58 bits per heavy atom. The van der Waals surface area contributed by atoms with Crippen molar-refractivity contribution in [1.82, 2.24) is 4.57 Å². The van der Waals surface area contributed by atoms with E-state index >= 15 is 0 Å². The second-order valence-corrected chi connectivity index (χ2v) is 2.71. The van der Waals surface area contributed by atoms with Crippen LogP contribution in [-0.4, -0.2) is 14.8 Å². The summed E-state index contributed by atoms with van der Waals surface area (Å²) in [6.07, 6.45) is -1.65. The average Bonchev–Trinajstić information content (AvgIpc) is 2.00. The zero-order valence-corrected chi connectivity index (χ0v) is 7.12. The van der Waals surface area contributed by atoms with Gasteiger partial charge in [-0.15, -0.1) is 0 Å². The van der Waals surface area contributed by atoms with E-state index in [2.05, 4.69) is 0 Å². The minimum atomic E-state index is -1.65. The molecule has 4 nitrogen and oxygen atoms in total. The van der Waals surface area contributed by atoms with Gasteiger partial charge < -0.3 is 14.8 Å². The molecule has 0 spiro atoms. The first-order valence-electron chi connectivity index (χ1n) is 3.25. The molecule has 1 rings (SSSR count). The Balaban J connectivity index is 3.36. The fourth-order valence-electron chi connectivity index (χ4n) is 0.825. The molecule has 1 heterocycles. The number of aromatic nitrogens is 1. The predicted molar refractivity (Wildman–Crippen MR) is 43.9 cm³/mol. The molecule has 0 radical (unpaired) electrons. The average molecular weight is 190 g/mol. The van der Waals surface area contributed by atoms with Gasteiger partial charge in [0.25, 0.3) is 5.56 Å². The van der Waals surface area contributed by atoms with Gasteiger partial charge in [-0.05, 0) is 6.07 Å². The van der Waals surface area contributed by atoms with Crippen LogP contribution in [0.25, 0.3) is 0 Å². The number of aliphatic hydroxyl groups is 2. The lowest BCUT2D eigenvalue weighted by Crippen LogP contribution is -2.17. The van der Waals surface area contributed by atoms with E-state index in [9.17, 15) is 4.79 Å². The van der Waals surface area contributed by atoms with Crippen LogP contribution in [0.15, 0.2) is 16.9 Å². The van der Waals surface area contributed by atoms with Crippen molar-refractivity contribution >= 4 is 11.6 Å². The number of rotatable bonds is 1. The lowest BCUT2D eigenvalue weighted by molar-refractivity contribution is -0.0428. The second-order valence-electron chi connectivity index (χ2n) is 2.35. The van der Waals surface area contributed by atoms with Gasteiger partial charge in [-0.1, -0.05) is 11.6 Å². The first-order valence-corrected chi connectivity index (χ1v) is 3.63. The van der Waals surface area contributed by atoms with Crippen LogP contribution >= 0.6 is 11.6 Å². The maximum absolute atomic E-state index is 10.9. The third kappa shape index (κ3) is 1.50. The van der Waals surface area contributed by atoms with Gasteiger partial charge in [-0.25, -0.2) is 0 Å². The molecule has 0 atom stereocenters. The van der Waals surface area contributed by atoms with Crippen LogP contribution in [0.5, 0.6) is 0 Å². The summed E-state index contributed by atoms with van der Waals surface area (Å²) in [7, 11) is 1.45. The number of nitrogens with zero attached hydrogens (tertiary/aromatic N) is 1. The summed E-state index contributed by atoms with van der Waals surface area (Å²) in [5.74, 6) is 0. The number of halogens is 1. The van der Waals surface area contributed by atoms with Crippen LogP contribution in [0.1, 0.15) is 11.9 Å². The molecule has 0 aliphatic heterocycles. The molecule has 0 aromatic carbocycles. The van der Waals surface area contributed by atoms with Crippen molar-refractivity contribution in [3.63, 3.8) is 0 Å². The standard InChI is InChI=1S/C7H8ClNO3/c1-9-5(10)3-2-4(6(9)8)7(11)12/h2-3,7,11-12H,1H3. The lowest BCUT2D eigenvalue weighted by atomic mass is 10.3. The molecule has 66 valence electrons. The summed E-state index contributed by atoms with van der Waals surface area (Å²) in [6.45, 7) is 0. The van der Waals surface area contributed by atoms with E-state index in [4.69, 9.17) is 21.8 Å². The van der Waals surface area contributed by atoms with Gasteiger partial charge in [0.2, 0.25) is 0 Å². The van der Waals surface area contributed by atoms with Crippen LogP contribution in [0, 0.1) is 0 Å². The molecule has 1 aromatic rings. The van der Waals surface area contributed by atoms with Gasteiger partial charge in [0.05, 0.1) is 0 Å². The van der Waals surface area contributed by atoms with Gasteiger partial charge >= 0.3 is 0 Å². The molecule has 0 bridgehead atoms. The molecule has 0 saturated heterocycles. The van der Waals surface area contributed by atoms with Crippen molar-refractivity contribution in [2.45, 2.75) is 6.29 Å². The van der Waals surface area contributed by atoms with Gasteiger partial charge in [-0.2, -0.15) is 0 Å². The minimum Gasteiger partial charge on any atom is -0.364 e. The Hall–Kier alpha value is -0.840. The summed E-state index contributed by atoms with van der Waals surface area (Å²) in [5.41, 5.74) is -0.164. The van der Waals surface area contributed by atoms with Crippen LogP contribution in [0.4, 0.5) is 0 Å². The smallest absolute Gasteiger partial charge is 0.251 e. The highest BCUT2D eigenvalue weighted by Gasteiger charge is 2.10. The SMILES string of the molecule is Cn1c(Cl)c(C(O)O)ccc1=O. The van der Waals surface area contributed by atoms with Crippen molar-refractivity contribution < 1.29 is 10.2 Å². The molecule has 0 unspecified atom stereocenters.